The summed E-state index contributed by atoms with van der Waals surface area (Å²) < 4.78 is 0. The molecule has 0 aliphatic rings. The van der Waals surface area contributed by atoms with E-state index in [-0.39, 0.29) is 0 Å². The average molecular weight is 149 g/mol. The van der Waals surface area contributed by atoms with Gasteiger partial charge in [0.05, 0.1) is 11.4 Å². The minimum atomic E-state index is 0.513. The van der Waals surface area contributed by atoms with Crippen molar-refractivity contribution < 1.29 is 0 Å². The number of nitrogens with one attached hydrogen (secondary N) is 1. The Morgan fingerprint density at radius 2 is 2.36 bits per heavy atom. The lowest BCUT2D eigenvalue weighted by Gasteiger charge is -2.03. The van der Waals surface area contributed by atoms with Crippen LogP contribution in [-0.2, 0) is 0 Å². The molecule has 1 aromatic rings. The van der Waals surface area contributed by atoms with Crippen LogP contribution in [-0.4, -0.2) is 12.0 Å². The Morgan fingerprint density at radius 1 is 1.64 bits per heavy atom. The fraction of sp³-hybridized carbons (Fsp3) is 0.125. The molecule has 0 fully saturated rings. The molecule has 0 aliphatic heterocycles. The van der Waals surface area contributed by atoms with Crippen molar-refractivity contribution in [1.82, 2.24) is 4.98 Å². The molecule has 0 amide bonds. The molecule has 0 bridgehead atoms. The van der Waals surface area contributed by atoms with E-state index in [4.69, 9.17) is 5.73 Å². The van der Waals surface area contributed by atoms with Crippen LogP contribution in [0.4, 0.5) is 11.5 Å². The van der Waals surface area contributed by atoms with Gasteiger partial charge in [-0.2, -0.15) is 0 Å². The summed E-state index contributed by atoms with van der Waals surface area (Å²) >= 11 is 0. The molecular weight excluding hydrogens is 138 g/mol. The van der Waals surface area contributed by atoms with E-state index in [1.54, 1.807) is 12.1 Å². The van der Waals surface area contributed by atoms with E-state index in [0.717, 1.165) is 11.4 Å². The molecule has 3 nitrogen and oxygen atoms in total. The van der Waals surface area contributed by atoms with Crippen molar-refractivity contribution in [3.63, 3.8) is 0 Å². The Bertz CT molecular complexity index is 268. The quantitative estimate of drug-likeness (QED) is 0.667. The maximum atomic E-state index is 5.47. The standard InChI is InChI=1S/C8H11N3/c1-3-6-7(10-2)4-5-8(9)11-6/h3-5,10H,1H2,2H3,(H2,9,11). The van der Waals surface area contributed by atoms with Crippen LogP contribution in [0.15, 0.2) is 18.7 Å². The summed E-state index contributed by atoms with van der Waals surface area (Å²) in [6, 6.07) is 3.62. The number of hydrogen-bond acceptors (Lipinski definition) is 3. The molecule has 58 valence electrons. The second-order valence-corrected chi connectivity index (χ2v) is 2.12. The Morgan fingerprint density at radius 3 is 2.91 bits per heavy atom. The molecule has 0 saturated carbocycles. The van der Waals surface area contributed by atoms with Gasteiger partial charge in [0.25, 0.3) is 0 Å². The Kier molecular flexibility index (Phi) is 2.11. The van der Waals surface area contributed by atoms with Gasteiger partial charge in [-0.15, -0.1) is 0 Å². The number of nitrogens with two attached hydrogens (primary N) is 1. The lowest BCUT2D eigenvalue weighted by atomic mass is 10.3. The summed E-state index contributed by atoms with van der Waals surface area (Å²) in [5, 5.41) is 2.98. The first-order valence-electron chi connectivity index (χ1n) is 3.34. The van der Waals surface area contributed by atoms with E-state index in [0.29, 0.717) is 5.82 Å². The third kappa shape index (κ3) is 1.49. The molecule has 1 heterocycles. The van der Waals surface area contributed by atoms with Crippen LogP contribution in [0, 0.1) is 0 Å². The zero-order valence-electron chi connectivity index (χ0n) is 6.46. The maximum absolute atomic E-state index is 5.47. The molecule has 0 unspecified atom stereocenters. The van der Waals surface area contributed by atoms with Crippen LogP contribution >= 0.6 is 0 Å². The van der Waals surface area contributed by atoms with Gasteiger partial charge < -0.3 is 11.1 Å². The van der Waals surface area contributed by atoms with Crippen molar-refractivity contribution in [2.24, 2.45) is 0 Å². The second kappa shape index (κ2) is 3.05. The molecule has 3 N–H and O–H groups in total. The van der Waals surface area contributed by atoms with Gasteiger partial charge in [-0.05, 0) is 18.2 Å². The maximum Gasteiger partial charge on any atom is 0.124 e. The lowest BCUT2D eigenvalue weighted by Crippen LogP contribution is -1.97. The van der Waals surface area contributed by atoms with E-state index >= 15 is 0 Å². The van der Waals surface area contributed by atoms with Crippen molar-refractivity contribution in [2.45, 2.75) is 0 Å². The third-order valence-corrected chi connectivity index (χ3v) is 1.41. The Labute approximate surface area is 65.9 Å². The van der Waals surface area contributed by atoms with Gasteiger partial charge in [0.15, 0.2) is 0 Å². The number of aromatic nitrogens is 1. The number of rotatable bonds is 2. The first kappa shape index (κ1) is 7.60. The van der Waals surface area contributed by atoms with Crippen LogP contribution in [0.1, 0.15) is 5.69 Å². The van der Waals surface area contributed by atoms with Crippen molar-refractivity contribution in [2.75, 3.05) is 18.1 Å². The summed E-state index contributed by atoms with van der Waals surface area (Å²) in [4.78, 5) is 4.06. The molecule has 1 aromatic heterocycles. The van der Waals surface area contributed by atoms with E-state index in [2.05, 4.69) is 16.9 Å². The predicted molar refractivity (Wildman–Crippen MR) is 48.3 cm³/mol. The van der Waals surface area contributed by atoms with Crippen molar-refractivity contribution >= 4 is 17.6 Å². The van der Waals surface area contributed by atoms with Gasteiger partial charge in [-0.1, -0.05) is 6.58 Å². The summed E-state index contributed by atoms with van der Waals surface area (Å²) in [6.45, 7) is 3.62. The molecule has 11 heavy (non-hydrogen) atoms. The summed E-state index contributed by atoms with van der Waals surface area (Å²) in [7, 11) is 1.83. The average Bonchev–Trinajstić information content (AvgIpc) is 2.04. The molecule has 1 rings (SSSR count). The largest absolute Gasteiger partial charge is 0.386 e. The third-order valence-electron chi connectivity index (χ3n) is 1.41. The minimum absolute atomic E-state index is 0.513. The number of nitrogen functional groups attached to an aromatic ring is 1. The van der Waals surface area contributed by atoms with Crippen LogP contribution in [0.5, 0.6) is 0 Å². The monoisotopic (exact) mass is 149 g/mol. The first-order valence-corrected chi connectivity index (χ1v) is 3.34. The summed E-state index contributed by atoms with van der Waals surface area (Å²) in [6.07, 6.45) is 1.67. The molecule has 0 aromatic carbocycles. The molecule has 0 atom stereocenters. The number of nitrogens with zero attached hydrogens (tertiary/aromatic N) is 1. The highest BCUT2D eigenvalue weighted by Crippen LogP contribution is 2.14. The summed E-state index contributed by atoms with van der Waals surface area (Å²) in [5.74, 6) is 0.513. The van der Waals surface area contributed by atoms with E-state index in [1.165, 1.54) is 0 Å². The van der Waals surface area contributed by atoms with Gasteiger partial charge in [0.2, 0.25) is 0 Å². The van der Waals surface area contributed by atoms with E-state index in [1.807, 2.05) is 13.1 Å². The highest BCUT2D eigenvalue weighted by Gasteiger charge is 1.97. The lowest BCUT2D eigenvalue weighted by molar-refractivity contribution is 1.29. The molecule has 0 saturated heterocycles. The predicted octanol–water partition coefficient (Wildman–Crippen LogP) is 1.35. The molecule has 0 spiro atoms. The normalized spacial score (nSPS) is 9.18. The number of anilines is 2. The molecular formula is C8H11N3. The number of hydrogen-bond donors (Lipinski definition) is 2. The Balaban J connectivity index is 3.16. The van der Waals surface area contributed by atoms with Crippen LogP contribution < -0.4 is 11.1 Å². The number of pyridine rings is 1. The van der Waals surface area contributed by atoms with Crippen molar-refractivity contribution in [3.8, 4) is 0 Å². The van der Waals surface area contributed by atoms with Crippen molar-refractivity contribution in [3.05, 3.63) is 24.4 Å². The van der Waals surface area contributed by atoms with Crippen molar-refractivity contribution in [1.29, 1.82) is 0 Å². The van der Waals surface area contributed by atoms with Gasteiger partial charge >= 0.3 is 0 Å². The van der Waals surface area contributed by atoms with E-state index in [9.17, 15) is 0 Å². The Hall–Kier alpha value is -1.51. The SMILES string of the molecule is C=Cc1nc(N)ccc1NC. The molecule has 0 aliphatic carbocycles. The second-order valence-electron chi connectivity index (χ2n) is 2.12. The molecule has 0 radical (unpaired) electrons. The van der Waals surface area contributed by atoms with Crippen LogP contribution in [0.2, 0.25) is 0 Å². The van der Waals surface area contributed by atoms with Crippen LogP contribution in [0.3, 0.4) is 0 Å². The first-order chi connectivity index (χ1) is 5.27. The van der Waals surface area contributed by atoms with Gasteiger partial charge in [0, 0.05) is 7.05 Å². The zero-order chi connectivity index (χ0) is 8.27. The highest BCUT2D eigenvalue weighted by molar-refractivity contribution is 5.63. The molecule has 3 heteroatoms. The van der Waals surface area contributed by atoms with Gasteiger partial charge in [-0.3, -0.25) is 0 Å². The fourth-order valence-electron chi connectivity index (χ4n) is 0.858. The fourth-order valence-corrected chi connectivity index (χ4v) is 0.858. The topological polar surface area (TPSA) is 50.9 Å². The van der Waals surface area contributed by atoms with E-state index < -0.39 is 0 Å². The van der Waals surface area contributed by atoms with Crippen LogP contribution in [0.25, 0.3) is 6.08 Å². The highest BCUT2D eigenvalue weighted by atomic mass is 14.9. The van der Waals surface area contributed by atoms with Gasteiger partial charge in [-0.25, -0.2) is 4.98 Å². The smallest absolute Gasteiger partial charge is 0.124 e. The minimum Gasteiger partial charge on any atom is -0.386 e. The summed E-state index contributed by atoms with van der Waals surface area (Å²) in [5.41, 5.74) is 7.19. The zero-order valence-corrected chi connectivity index (χ0v) is 6.46. The van der Waals surface area contributed by atoms with Gasteiger partial charge in [0.1, 0.15) is 5.82 Å².